The van der Waals surface area contributed by atoms with Gasteiger partial charge in [-0.15, -0.1) is 0 Å². The third-order valence-electron chi connectivity index (χ3n) is 6.60. The van der Waals surface area contributed by atoms with Gasteiger partial charge in [0, 0.05) is 56.5 Å². The van der Waals surface area contributed by atoms with E-state index in [1.165, 1.54) is 13.0 Å². The zero-order valence-corrected chi connectivity index (χ0v) is 19.0. The maximum Gasteiger partial charge on any atom is 0.228 e. The number of benzene rings is 2. The molecule has 0 saturated carbocycles. The first-order valence-electron chi connectivity index (χ1n) is 11.4. The van der Waals surface area contributed by atoms with Crippen LogP contribution in [0.4, 0.5) is 15.8 Å². The van der Waals surface area contributed by atoms with Gasteiger partial charge in [-0.25, -0.2) is 4.39 Å². The zero-order valence-electron chi connectivity index (χ0n) is 19.0. The summed E-state index contributed by atoms with van der Waals surface area (Å²) in [7, 11) is 0. The molecule has 3 heterocycles. The van der Waals surface area contributed by atoms with Gasteiger partial charge in [-0.2, -0.15) is 0 Å². The van der Waals surface area contributed by atoms with Crippen molar-refractivity contribution in [1.82, 2.24) is 4.90 Å². The van der Waals surface area contributed by atoms with Gasteiger partial charge >= 0.3 is 0 Å². The molecule has 0 N–H and O–H groups in total. The van der Waals surface area contributed by atoms with Crippen LogP contribution in [0.1, 0.15) is 23.7 Å². The zero-order chi connectivity index (χ0) is 23.8. The van der Waals surface area contributed by atoms with Gasteiger partial charge in [0.1, 0.15) is 19.0 Å². The van der Waals surface area contributed by atoms with Crippen LogP contribution >= 0.6 is 0 Å². The molecule has 178 valence electrons. The van der Waals surface area contributed by atoms with E-state index in [1.807, 2.05) is 11.0 Å². The summed E-state index contributed by atoms with van der Waals surface area (Å²) in [5.74, 6) is 0.0623. The molecule has 1 atom stereocenters. The standard InChI is InChI=1S/C25H26FN3O5/c1-16(30)17-2-4-21(20(26)12-17)27-6-8-28(9-7-27)25(32)18-13-24(31)29(15-18)19-3-5-22-23(14-19)34-11-10-33-22/h2-5,12,14,18H,6-11,13,15H2,1H3/t18-/m0/s1. The third-order valence-corrected chi connectivity index (χ3v) is 6.60. The van der Waals surface area contributed by atoms with Crippen molar-refractivity contribution in [2.24, 2.45) is 5.92 Å². The lowest BCUT2D eigenvalue weighted by atomic mass is 10.1. The molecule has 2 fully saturated rings. The van der Waals surface area contributed by atoms with Gasteiger partial charge < -0.3 is 24.2 Å². The lowest BCUT2D eigenvalue weighted by Gasteiger charge is -2.37. The molecule has 0 spiro atoms. The minimum absolute atomic E-state index is 0.0551. The Bertz CT molecular complexity index is 1150. The summed E-state index contributed by atoms with van der Waals surface area (Å²) in [5.41, 5.74) is 1.46. The molecule has 3 aliphatic heterocycles. The Hall–Kier alpha value is -3.62. The van der Waals surface area contributed by atoms with E-state index >= 15 is 0 Å². The predicted molar refractivity (Wildman–Crippen MR) is 123 cm³/mol. The van der Waals surface area contributed by atoms with E-state index in [0.29, 0.717) is 74.4 Å². The van der Waals surface area contributed by atoms with Crippen LogP contribution in [0, 0.1) is 11.7 Å². The molecule has 0 radical (unpaired) electrons. The van der Waals surface area contributed by atoms with Crippen molar-refractivity contribution >= 4 is 29.0 Å². The van der Waals surface area contributed by atoms with Gasteiger partial charge in [0.25, 0.3) is 0 Å². The highest BCUT2D eigenvalue weighted by Gasteiger charge is 2.38. The molecule has 2 aromatic rings. The van der Waals surface area contributed by atoms with E-state index in [-0.39, 0.29) is 24.0 Å². The predicted octanol–water partition coefficient (Wildman–Crippen LogP) is 2.50. The third kappa shape index (κ3) is 4.18. The minimum Gasteiger partial charge on any atom is -0.486 e. The number of fused-ring (bicyclic) bond motifs is 1. The van der Waals surface area contributed by atoms with Gasteiger partial charge in [0.2, 0.25) is 11.8 Å². The summed E-state index contributed by atoms with van der Waals surface area (Å²) in [6.07, 6.45) is 0.161. The number of rotatable bonds is 4. The van der Waals surface area contributed by atoms with Crippen molar-refractivity contribution in [2.75, 3.05) is 55.7 Å². The van der Waals surface area contributed by atoms with E-state index < -0.39 is 11.7 Å². The summed E-state index contributed by atoms with van der Waals surface area (Å²) < 4.78 is 25.7. The Balaban J connectivity index is 1.21. The maximum absolute atomic E-state index is 14.5. The molecule has 2 amide bonds. The maximum atomic E-state index is 14.5. The Morgan fingerprint density at radius 3 is 2.41 bits per heavy atom. The fraction of sp³-hybridized carbons (Fsp3) is 0.400. The summed E-state index contributed by atoms with van der Waals surface area (Å²) in [5, 5.41) is 0. The number of halogens is 1. The van der Waals surface area contributed by atoms with Crippen LogP contribution < -0.4 is 19.3 Å². The monoisotopic (exact) mass is 467 g/mol. The Labute approximate surface area is 196 Å². The highest BCUT2D eigenvalue weighted by Crippen LogP contribution is 2.36. The van der Waals surface area contributed by atoms with Crippen LogP contribution in [0.25, 0.3) is 0 Å². The normalized spacial score (nSPS) is 20.0. The first kappa shape index (κ1) is 22.2. The number of carbonyl (C=O) groups is 3. The largest absolute Gasteiger partial charge is 0.486 e. The van der Waals surface area contributed by atoms with Crippen LogP contribution in [0.15, 0.2) is 36.4 Å². The van der Waals surface area contributed by atoms with E-state index in [2.05, 4.69) is 0 Å². The molecule has 3 aliphatic rings. The lowest BCUT2D eigenvalue weighted by molar-refractivity contribution is -0.136. The second-order valence-electron chi connectivity index (χ2n) is 8.77. The Morgan fingerprint density at radius 1 is 0.971 bits per heavy atom. The average Bonchev–Trinajstić information content (AvgIpc) is 3.25. The molecule has 0 aliphatic carbocycles. The number of piperazine rings is 1. The van der Waals surface area contributed by atoms with E-state index in [1.54, 1.807) is 34.1 Å². The highest BCUT2D eigenvalue weighted by atomic mass is 19.1. The first-order chi connectivity index (χ1) is 16.4. The Morgan fingerprint density at radius 2 is 1.71 bits per heavy atom. The molecule has 5 rings (SSSR count). The van der Waals surface area contributed by atoms with Crippen molar-refractivity contribution < 1.29 is 28.2 Å². The van der Waals surface area contributed by atoms with Crippen LogP contribution in [-0.2, 0) is 9.59 Å². The molecular formula is C25H26FN3O5. The highest BCUT2D eigenvalue weighted by molar-refractivity contribution is 6.00. The molecule has 2 aromatic carbocycles. The molecule has 0 bridgehead atoms. The van der Waals surface area contributed by atoms with Crippen LogP contribution in [0.3, 0.4) is 0 Å². The number of carbonyl (C=O) groups excluding carboxylic acids is 3. The number of ether oxygens (including phenoxy) is 2. The molecular weight excluding hydrogens is 441 g/mol. The molecule has 34 heavy (non-hydrogen) atoms. The van der Waals surface area contributed by atoms with E-state index in [0.717, 1.165) is 0 Å². The summed E-state index contributed by atoms with van der Waals surface area (Å²) in [6, 6.07) is 9.87. The number of hydrogen-bond acceptors (Lipinski definition) is 6. The molecule has 8 nitrogen and oxygen atoms in total. The van der Waals surface area contributed by atoms with Crippen molar-refractivity contribution in [2.45, 2.75) is 13.3 Å². The molecule has 0 unspecified atom stereocenters. The number of anilines is 2. The van der Waals surface area contributed by atoms with Crippen molar-refractivity contribution in [3.05, 3.63) is 47.8 Å². The van der Waals surface area contributed by atoms with Gasteiger partial charge in [-0.05, 0) is 37.3 Å². The van der Waals surface area contributed by atoms with Crippen LogP contribution in [-0.4, -0.2) is 68.4 Å². The number of hydrogen-bond donors (Lipinski definition) is 0. The van der Waals surface area contributed by atoms with Crippen molar-refractivity contribution in [1.29, 1.82) is 0 Å². The minimum atomic E-state index is -0.441. The van der Waals surface area contributed by atoms with Gasteiger partial charge in [-0.3, -0.25) is 14.4 Å². The van der Waals surface area contributed by atoms with Crippen LogP contribution in [0.5, 0.6) is 11.5 Å². The van der Waals surface area contributed by atoms with E-state index in [9.17, 15) is 18.8 Å². The average molecular weight is 467 g/mol. The van der Waals surface area contributed by atoms with Gasteiger partial charge in [-0.1, -0.05) is 0 Å². The number of nitrogens with zero attached hydrogens (tertiary/aromatic N) is 3. The second-order valence-corrected chi connectivity index (χ2v) is 8.77. The fourth-order valence-electron chi connectivity index (χ4n) is 4.73. The first-order valence-corrected chi connectivity index (χ1v) is 11.4. The summed E-state index contributed by atoms with van der Waals surface area (Å²) in [6.45, 7) is 4.53. The topological polar surface area (TPSA) is 79.4 Å². The van der Waals surface area contributed by atoms with E-state index in [4.69, 9.17) is 9.47 Å². The SMILES string of the molecule is CC(=O)c1ccc(N2CCN(C(=O)[C@H]3CC(=O)N(c4ccc5c(c4)OCCO5)C3)CC2)c(F)c1. The fourth-order valence-corrected chi connectivity index (χ4v) is 4.73. The summed E-state index contributed by atoms with van der Waals surface area (Å²) in [4.78, 5) is 42.6. The lowest BCUT2D eigenvalue weighted by Crippen LogP contribution is -2.51. The number of ketones is 1. The summed E-state index contributed by atoms with van der Waals surface area (Å²) >= 11 is 0. The quantitative estimate of drug-likeness (QED) is 0.643. The molecule has 9 heteroatoms. The second kappa shape index (κ2) is 8.96. The smallest absolute Gasteiger partial charge is 0.228 e. The Kier molecular flexibility index (Phi) is 5.85. The van der Waals surface area contributed by atoms with Crippen molar-refractivity contribution in [3.63, 3.8) is 0 Å². The number of Topliss-reactive ketones (excluding diaryl/α,β-unsaturated/α-hetero) is 1. The van der Waals surface area contributed by atoms with Gasteiger partial charge in [0.05, 0.1) is 11.6 Å². The number of amides is 2. The van der Waals surface area contributed by atoms with Crippen molar-refractivity contribution in [3.8, 4) is 11.5 Å². The molecule has 0 aromatic heterocycles. The van der Waals surface area contributed by atoms with Crippen LogP contribution in [0.2, 0.25) is 0 Å². The molecule has 2 saturated heterocycles. The van der Waals surface area contributed by atoms with Gasteiger partial charge in [0.15, 0.2) is 17.3 Å².